The minimum atomic E-state index is -3.67. The molecule has 1 aromatic heterocycles. The number of hydrogen-bond acceptors (Lipinski definition) is 5. The van der Waals surface area contributed by atoms with Crippen molar-refractivity contribution >= 4 is 17.1 Å². The summed E-state index contributed by atoms with van der Waals surface area (Å²) in [5.41, 5.74) is 5.30. The Morgan fingerprint density at radius 1 is 1.27 bits per heavy atom. The number of nitrogens with zero attached hydrogens (tertiary/aromatic N) is 3. The van der Waals surface area contributed by atoms with Crippen molar-refractivity contribution in [1.29, 1.82) is 5.41 Å². The lowest BCUT2D eigenvalue weighted by Gasteiger charge is -2.27. The molecule has 2 rings (SSSR count). The van der Waals surface area contributed by atoms with E-state index in [1.54, 1.807) is 19.2 Å². The molecule has 0 fully saturated rings. The molecule has 1 unspecified atom stereocenters. The quantitative estimate of drug-likeness (QED) is 0.250. The number of rotatable bonds is 10. The number of pyridine rings is 1. The van der Waals surface area contributed by atoms with Gasteiger partial charge in [-0.1, -0.05) is 19.1 Å². The van der Waals surface area contributed by atoms with E-state index in [4.69, 9.17) is 11.1 Å². The summed E-state index contributed by atoms with van der Waals surface area (Å²) in [6, 6.07) is 4.99. The van der Waals surface area contributed by atoms with Crippen LogP contribution < -0.4 is 10.7 Å². The monoisotopic (exact) mass is 461 g/mol. The van der Waals surface area contributed by atoms with Crippen LogP contribution in [0.15, 0.2) is 66.2 Å². The SMILES string of the molecule is C/C=C\N(/N=C(/C)CC)c1ccc(C(F)(F)C(CC(=N)/C=C\N)c2ccc(F)cc2F)nc1. The molecule has 1 atom stereocenters. The molecule has 5 nitrogen and oxygen atoms in total. The molecular weight excluding hydrogens is 434 g/mol. The number of anilines is 1. The summed E-state index contributed by atoms with van der Waals surface area (Å²) < 4.78 is 59.0. The molecule has 0 spiro atoms. The number of nitrogens with one attached hydrogen (secondary N) is 1. The highest BCUT2D eigenvalue weighted by atomic mass is 19.3. The second-order valence-corrected chi connectivity index (χ2v) is 7.35. The number of nitrogens with two attached hydrogens (primary N) is 1. The van der Waals surface area contributed by atoms with Gasteiger partial charge in [0, 0.05) is 30.1 Å². The molecule has 0 aliphatic heterocycles. The van der Waals surface area contributed by atoms with Gasteiger partial charge in [-0.25, -0.2) is 13.8 Å². The van der Waals surface area contributed by atoms with Gasteiger partial charge >= 0.3 is 0 Å². The van der Waals surface area contributed by atoms with E-state index in [1.165, 1.54) is 17.3 Å². The lowest BCUT2D eigenvalue weighted by atomic mass is 9.85. The summed E-state index contributed by atoms with van der Waals surface area (Å²) >= 11 is 0. The Labute approximate surface area is 190 Å². The first-order valence-corrected chi connectivity index (χ1v) is 10.3. The molecule has 0 saturated carbocycles. The molecule has 0 aliphatic rings. The molecule has 176 valence electrons. The maximum Gasteiger partial charge on any atom is 0.296 e. The maximum absolute atomic E-state index is 15.6. The first-order valence-electron chi connectivity index (χ1n) is 10.3. The number of aromatic nitrogens is 1. The summed E-state index contributed by atoms with van der Waals surface area (Å²) in [6.07, 6.45) is 7.04. The molecule has 2 aromatic rings. The standard InChI is InChI=1S/C24H27F4N5/c1-4-12-33(32-16(3)5-2)19-7-9-23(31-15-19)24(27,28)21(14-18(30)10-11-29)20-8-6-17(25)13-22(20)26/h4,6-13,15,21,30H,5,14,29H2,1-3H3/b11-10-,12-4-,30-18?,32-16-. The van der Waals surface area contributed by atoms with E-state index >= 15 is 8.78 Å². The van der Waals surface area contributed by atoms with Gasteiger partial charge in [-0.2, -0.15) is 13.9 Å². The summed E-state index contributed by atoms with van der Waals surface area (Å²) in [7, 11) is 0. The molecule has 0 bridgehead atoms. The molecule has 3 N–H and O–H groups in total. The predicted molar refractivity (Wildman–Crippen MR) is 124 cm³/mol. The topological polar surface area (TPSA) is 78.4 Å². The third kappa shape index (κ3) is 6.50. The molecule has 1 heterocycles. The number of allylic oxidation sites excluding steroid dienone is 2. The van der Waals surface area contributed by atoms with Crippen LogP contribution in [0, 0.1) is 17.0 Å². The van der Waals surface area contributed by atoms with E-state index in [0.717, 1.165) is 36.2 Å². The van der Waals surface area contributed by atoms with Gasteiger partial charge in [-0.3, -0.25) is 4.98 Å². The fourth-order valence-corrected chi connectivity index (χ4v) is 3.09. The lowest BCUT2D eigenvalue weighted by molar-refractivity contribution is -0.0373. The maximum atomic E-state index is 15.6. The highest BCUT2D eigenvalue weighted by Gasteiger charge is 2.45. The second kappa shape index (κ2) is 11.4. The Morgan fingerprint density at radius 3 is 2.55 bits per heavy atom. The average molecular weight is 462 g/mol. The van der Waals surface area contributed by atoms with Crippen LogP contribution in [0.2, 0.25) is 0 Å². The van der Waals surface area contributed by atoms with Crippen molar-refractivity contribution in [1.82, 2.24) is 4.98 Å². The molecule has 0 radical (unpaired) electrons. The number of halogens is 4. The Balaban J connectivity index is 2.50. The number of hydrazone groups is 1. The van der Waals surface area contributed by atoms with Gasteiger partial charge in [-0.15, -0.1) is 0 Å². The molecule has 1 aromatic carbocycles. The van der Waals surface area contributed by atoms with Crippen molar-refractivity contribution in [3.05, 3.63) is 84.0 Å². The van der Waals surface area contributed by atoms with Crippen molar-refractivity contribution in [2.45, 2.75) is 45.5 Å². The van der Waals surface area contributed by atoms with Crippen LogP contribution in [-0.2, 0) is 5.92 Å². The van der Waals surface area contributed by atoms with E-state index in [2.05, 4.69) is 10.1 Å². The van der Waals surface area contributed by atoms with Crippen LogP contribution in [0.3, 0.4) is 0 Å². The van der Waals surface area contributed by atoms with Gasteiger partial charge < -0.3 is 11.1 Å². The first-order chi connectivity index (χ1) is 15.6. The van der Waals surface area contributed by atoms with E-state index in [0.29, 0.717) is 18.2 Å². The van der Waals surface area contributed by atoms with Gasteiger partial charge in [0.1, 0.15) is 17.3 Å². The fraction of sp³-hybridized carbons (Fsp3) is 0.292. The smallest absolute Gasteiger partial charge is 0.296 e. The van der Waals surface area contributed by atoms with Crippen LogP contribution in [-0.4, -0.2) is 16.4 Å². The zero-order valence-electron chi connectivity index (χ0n) is 18.7. The van der Waals surface area contributed by atoms with Crippen molar-refractivity contribution < 1.29 is 17.6 Å². The zero-order chi connectivity index (χ0) is 24.6. The number of benzene rings is 1. The normalized spacial score (nSPS) is 13.6. The van der Waals surface area contributed by atoms with Crippen LogP contribution in [0.25, 0.3) is 0 Å². The molecular formula is C24H27F4N5. The predicted octanol–water partition coefficient (Wildman–Crippen LogP) is 6.24. The van der Waals surface area contributed by atoms with Crippen molar-refractivity contribution in [2.75, 3.05) is 5.01 Å². The Hall–Kier alpha value is -3.49. The number of alkyl halides is 2. The Bertz CT molecular complexity index is 1050. The highest BCUT2D eigenvalue weighted by molar-refractivity contribution is 5.92. The molecule has 33 heavy (non-hydrogen) atoms. The van der Waals surface area contributed by atoms with Gasteiger partial charge in [0.15, 0.2) is 0 Å². The molecule has 9 heteroatoms. The van der Waals surface area contributed by atoms with Crippen LogP contribution in [0.1, 0.15) is 50.8 Å². The van der Waals surface area contributed by atoms with Crippen molar-refractivity contribution in [3.63, 3.8) is 0 Å². The minimum Gasteiger partial charge on any atom is -0.405 e. The van der Waals surface area contributed by atoms with E-state index in [9.17, 15) is 8.78 Å². The number of hydrogen-bond donors (Lipinski definition) is 2. The fourth-order valence-electron chi connectivity index (χ4n) is 3.09. The van der Waals surface area contributed by atoms with Crippen molar-refractivity contribution in [3.8, 4) is 0 Å². The third-order valence-electron chi connectivity index (χ3n) is 4.93. The highest BCUT2D eigenvalue weighted by Crippen LogP contribution is 2.44. The molecule has 0 saturated heterocycles. The van der Waals surface area contributed by atoms with Gasteiger partial charge in [-0.05, 0) is 56.3 Å². The third-order valence-corrected chi connectivity index (χ3v) is 4.93. The van der Waals surface area contributed by atoms with Crippen LogP contribution in [0.4, 0.5) is 23.2 Å². The van der Waals surface area contributed by atoms with E-state index < -0.39 is 41.2 Å². The van der Waals surface area contributed by atoms with E-state index in [-0.39, 0.29) is 5.71 Å². The first kappa shape index (κ1) is 25.8. The van der Waals surface area contributed by atoms with Crippen LogP contribution in [0.5, 0.6) is 0 Å². The largest absolute Gasteiger partial charge is 0.405 e. The molecule has 0 amide bonds. The summed E-state index contributed by atoms with van der Waals surface area (Å²) in [6.45, 7) is 5.59. The summed E-state index contributed by atoms with van der Waals surface area (Å²) in [5, 5.41) is 13.8. The van der Waals surface area contributed by atoms with Gasteiger partial charge in [0.2, 0.25) is 0 Å². The lowest BCUT2D eigenvalue weighted by Crippen LogP contribution is -2.28. The zero-order valence-corrected chi connectivity index (χ0v) is 18.7. The van der Waals surface area contributed by atoms with Crippen LogP contribution >= 0.6 is 0 Å². The van der Waals surface area contributed by atoms with Gasteiger partial charge in [0.25, 0.3) is 5.92 Å². The van der Waals surface area contributed by atoms with Gasteiger partial charge in [0.05, 0.1) is 17.8 Å². The molecule has 0 aliphatic carbocycles. The Morgan fingerprint density at radius 2 is 2.00 bits per heavy atom. The average Bonchev–Trinajstić information content (AvgIpc) is 2.77. The summed E-state index contributed by atoms with van der Waals surface area (Å²) in [5.74, 6) is -7.47. The Kier molecular flexibility index (Phi) is 8.90. The summed E-state index contributed by atoms with van der Waals surface area (Å²) in [4.78, 5) is 3.93. The minimum absolute atomic E-state index is 0.230. The second-order valence-electron chi connectivity index (χ2n) is 7.35. The van der Waals surface area contributed by atoms with Crippen molar-refractivity contribution in [2.24, 2.45) is 10.8 Å². The van der Waals surface area contributed by atoms with E-state index in [1.807, 2.05) is 13.8 Å².